The van der Waals surface area contributed by atoms with Gasteiger partial charge in [0.25, 0.3) is 0 Å². The number of phenols is 1. The van der Waals surface area contributed by atoms with Crippen LogP contribution in [0, 0.1) is 13.8 Å². The van der Waals surface area contributed by atoms with Gasteiger partial charge in [-0.25, -0.2) is 8.42 Å². The first-order chi connectivity index (χ1) is 10.2. The monoisotopic (exact) mass is 337 g/mol. The van der Waals surface area contributed by atoms with E-state index in [4.69, 9.17) is 17.3 Å². The van der Waals surface area contributed by atoms with E-state index in [0.29, 0.717) is 21.7 Å². The molecule has 0 bridgehead atoms. The number of rotatable bonds is 3. The first kappa shape index (κ1) is 16.4. The van der Waals surface area contributed by atoms with Crippen molar-refractivity contribution in [3.05, 3.63) is 63.1 Å². The number of sulfone groups is 1. The molecule has 6 heteroatoms. The van der Waals surface area contributed by atoms with Crippen LogP contribution in [0.4, 0.5) is 0 Å². The Hall–Kier alpha value is -1.98. The third kappa shape index (κ3) is 3.26. The topological polar surface area (TPSA) is 80.4 Å². The summed E-state index contributed by atoms with van der Waals surface area (Å²) in [4.78, 5) is 0.0814. The maximum atomic E-state index is 12.4. The number of hydrogen-bond donors (Lipinski definition) is 2. The van der Waals surface area contributed by atoms with E-state index in [0.717, 1.165) is 0 Å². The van der Waals surface area contributed by atoms with E-state index in [1.165, 1.54) is 30.3 Å². The molecule has 2 rings (SSSR count). The van der Waals surface area contributed by atoms with Crippen LogP contribution in [0.3, 0.4) is 0 Å². The minimum Gasteiger partial charge on any atom is -0.507 e. The van der Waals surface area contributed by atoms with E-state index in [2.05, 4.69) is 0 Å². The lowest BCUT2D eigenvalue weighted by Gasteiger charge is -2.07. The van der Waals surface area contributed by atoms with Crippen molar-refractivity contribution in [3.8, 4) is 5.75 Å². The van der Waals surface area contributed by atoms with Crippen LogP contribution in [0.25, 0.3) is 6.08 Å². The van der Waals surface area contributed by atoms with Gasteiger partial charge in [0.1, 0.15) is 10.8 Å². The molecule has 0 amide bonds. The summed E-state index contributed by atoms with van der Waals surface area (Å²) in [5.74, 6) is 0.191. The Morgan fingerprint density at radius 3 is 2.14 bits per heavy atom. The molecule has 0 aliphatic heterocycles. The molecule has 3 N–H and O–H groups in total. The molecular weight excluding hydrogens is 322 g/mol. The number of aromatic hydroxyl groups is 1. The summed E-state index contributed by atoms with van der Waals surface area (Å²) in [6, 6.07) is 9.16. The zero-order valence-electron chi connectivity index (χ0n) is 12.2. The molecule has 2 aromatic carbocycles. The lowest BCUT2D eigenvalue weighted by atomic mass is 10.1. The van der Waals surface area contributed by atoms with Gasteiger partial charge in [-0.15, -0.1) is 0 Å². The van der Waals surface area contributed by atoms with E-state index in [1.807, 2.05) is 0 Å². The Balaban J connectivity index is 2.46. The van der Waals surface area contributed by atoms with E-state index in [9.17, 15) is 13.5 Å². The molecule has 0 atom stereocenters. The van der Waals surface area contributed by atoms with Crippen molar-refractivity contribution < 1.29 is 13.5 Å². The third-order valence-electron chi connectivity index (χ3n) is 3.26. The second-order valence-corrected chi connectivity index (χ2v) is 7.39. The van der Waals surface area contributed by atoms with Gasteiger partial charge in [0.05, 0.1) is 4.90 Å². The first-order valence-electron chi connectivity index (χ1n) is 6.50. The maximum absolute atomic E-state index is 12.4. The zero-order chi connectivity index (χ0) is 16.5. The van der Waals surface area contributed by atoms with Gasteiger partial charge in [-0.05, 0) is 73.0 Å². The average Bonchev–Trinajstić information content (AvgIpc) is 2.45. The molecule has 0 aliphatic carbocycles. The number of nitrogens with two attached hydrogens (primary N) is 1. The highest BCUT2D eigenvalue weighted by atomic mass is 35.5. The van der Waals surface area contributed by atoms with Crippen LogP contribution < -0.4 is 5.73 Å². The molecule has 4 nitrogen and oxygen atoms in total. The summed E-state index contributed by atoms with van der Waals surface area (Å²) >= 11 is 5.76. The Morgan fingerprint density at radius 1 is 1.14 bits per heavy atom. The van der Waals surface area contributed by atoms with E-state index >= 15 is 0 Å². The summed E-state index contributed by atoms with van der Waals surface area (Å²) in [6.45, 7) is 3.48. The molecular formula is C16H16ClNO3S. The highest BCUT2D eigenvalue weighted by Gasteiger charge is 2.18. The maximum Gasteiger partial charge on any atom is 0.221 e. The molecule has 0 fully saturated rings. The predicted molar refractivity (Wildman–Crippen MR) is 88.4 cm³/mol. The second kappa shape index (κ2) is 6.02. The van der Waals surface area contributed by atoms with Crippen LogP contribution >= 0.6 is 11.6 Å². The number of benzene rings is 2. The summed E-state index contributed by atoms with van der Waals surface area (Å²) in [6.07, 6.45) is 1.38. The van der Waals surface area contributed by atoms with E-state index in [-0.39, 0.29) is 15.7 Å². The molecule has 116 valence electrons. The smallest absolute Gasteiger partial charge is 0.221 e. The van der Waals surface area contributed by atoms with E-state index < -0.39 is 9.84 Å². The fourth-order valence-corrected chi connectivity index (χ4v) is 3.25. The molecule has 0 aliphatic rings. The van der Waals surface area contributed by atoms with Crippen molar-refractivity contribution in [2.24, 2.45) is 5.73 Å². The van der Waals surface area contributed by atoms with E-state index in [1.54, 1.807) is 26.0 Å². The first-order valence-corrected chi connectivity index (χ1v) is 8.36. The quantitative estimate of drug-likeness (QED) is 0.899. The minimum absolute atomic E-state index is 0.0814. The van der Waals surface area contributed by atoms with Crippen molar-refractivity contribution in [2.45, 2.75) is 18.7 Å². The number of hydrogen-bond acceptors (Lipinski definition) is 4. The molecule has 0 aromatic heterocycles. The standard InChI is InChI=1S/C16H16ClNO3S/c1-10-7-12(8-11(2)16(10)19)9-15(18)22(20,21)14-5-3-13(17)4-6-14/h3-9,19H,18H2,1-2H3/b15-9+. The van der Waals surface area contributed by atoms with Crippen LogP contribution in [-0.4, -0.2) is 13.5 Å². The largest absolute Gasteiger partial charge is 0.507 e. The van der Waals surface area contributed by atoms with Crippen LogP contribution in [-0.2, 0) is 9.84 Å². The molecule has 0 unspecified atom stereocenters. The van der Waals surface area contributed by atoms with Crippen molar-refractivity contribution in [1.82, 2.24) is 0 Å². The summed E-state index contributed by atoms with van der Waals surface area (Å²) in [5, 5.41) is 9.93. The van der Waals surface area contributed by atoms with Gasteiger partial charge in [0.2, 0.25) is 9.84 Å². The van der Waals surface area contributed by atoms with Gasteiger partial charge < -0.3 is 10.8 Å². The van der Waals surface area contributed by atoms with Crippen molar-refractivity contribution in [2.75, 3.05) is 0 Å². The molecule has 2 aromatic rings. The highest BCUT2D eigenvalue weighted by Crippen LogP contribution is 2.25. The summed E-state index contributed by atoms with van der Waals surface area (Å²) in [7, 11) is -3.77. The Labute approximate surface area is 134 Å². The Bertz CT molecular complexity index is 817. The molecule has 0 radical (unpaired) electrons. The van der Waals surface area contributed by atoms with Gasteiger partial charge in [-0.1, -0.05) is 11.6 Å². The van der Waals surface area contributed by atoms with Gasteiger partial charge in [0.15, 0.2) is 0 Å². The van der Waals surface area contributed by atoms with Crippen molar-refractivity contribution >= 4 is 27.5 Å². The fourth-order valence-electron chi connectivity index (χ4n) is 2.06. The molecule has 22 heavy (non-hydrogen) atoms. The fraction of sp³-hybridized carbons (Fsp3) is 0.125. The Morgan fingerprint density at radius 2 is 1.64 bits per heavy atom. The zero-order valence-corrected chi connectivity index (χ0v) is 13.7. The van der Waals surface area contributed by atoms with Crippen LogP contribution in [0.5, 0.6) is 5.75 Å². The highest BCUT2D eigenvalue weighted by molar-refractivity contribution is 7.95. The van der Waals surface area contributed by atoms with Crippen molar-refractivity contribution in [1.29, 1.82) is 0 Å². The van der Waals surface area contributed by atoms with Gasteiger partial charge in [-0.3, -0.25) is 0 Å². The minimum atomic E-state index is -3.77. The number of halogens is 1. The third-order valence-corrected chi connectivity index (χ3v) is 5.14. The lowest BCUT2D eigenvalue weighted by molar-refractivity contribution is 0.467. The normalized spacial score (nSPS) is 12.4. The van der Waals surface area contributed by atoms with Gasteiger partial charge >= 0.3 is 0 Å². The van der Waals surface area contributed by atoms with Crippen molar-refractivity contribution in [3.63, 3.8) is 0 Å². The molecule has 0 saturated heterocycles. The van der Waals surface area contributed by atoms with Gasteiger partial charge in [-0.2, -0.15) is 0 Å². The molecule has 0 heterocycles. The molecule has 0 spiro atoms. The van der Waals surface area contributed by atoms with Crippen LogP contribution in [0.1, 0.15) is 16.7 Å². The predicted octanol–water partition coefficient (Wildman–Crippen LogP) is 3.39. The van der Waals surface area contributed by atoms with Crippen LogP contribution in [0.2, 0.25) is 5.02 Å². The summed E-state index contributed by atoms with van der Waals surface area (Å²) in [5.41, 5.74) is 7.69. The van der Waals surface area contributed by atoms with Crippen LogP contribution in [0.15, 0.2) is 46.3 Å². The second-order valence-electron chi connectivity index (χ2n) is 5.01. The van der Waals surface area contributed by atoms with Gasteiger partial charge in [0, 0.05) is 5.02 Å². The summed E-state index contributed by atoms with van der Waals surface area (Å²) < 4.78 is 24.8. The lowest BCUT2D eigenvalue weighted by Crippen LogP contribution is -2.12. The molecule has 0 saturated carbocycles. The average molecular weight is 338 g/mol. The number of phenolic OH excluding ortho intramolecular Hbond substituents is 1. The Kier molecular flexibility index (Phi) is 4.49. The SMILES string of the molecule is Cc1cc(/C=C(\N)S(=O)(=O)c2ccc(Cl)cc2)cc(C)c1O. The number of aryl methyl sites for hydroxylation is 2.